The van der Waals surface area contributed by atoms with Crippen LogP contribution in [0.5, 0.6) is 0 Å². The molecule has 2 rings (SSSR count). The fourth-order valence-electron chi connectivity index (χ4n) is 2.65. The number of anilines is 1. The van der Waals surface area contributed by atoms with E-state index in [1.165, 1.54) is 0 Å². The number of hydrogen-bond donors (Lipinski definition) is 4. The van der Waals surface area contributed by atoms with Gasteiger partial charge in [-0.05, 0) is 56.8 Å². The van der Waals surface area contributed by atoms with Crippen molar-refractivity contribution in [1.29, 1.82) is 0 Å². The molecule has 4 N–H and O–H groups in total. The molecule has 28 heavy (non-hydrogen) atoms. The van der Waals surface area contributed by atoms with Gasteiger partial charge in [0.1, 0.15) is 5.60 Å². The van der Waals surface area contributed by atoms with E-state index in [1.807, 2.05) is 12.1 Å². The summed E-state index contributed by atoms with van der Waals surface area (Å²) in [6, 6.07) is 5.52. The van der Waals surface area contributed by atoms with E-state index in [0.717, 1.165) is 10.0 Å². The van der Waals surface area contributed by atoms with E-state index in [0.29, 0.717) is 24.0 Å². The Balaban J connectivity index is 2.13. The summed E-state index contributed by atoms with van der Waals surface area (Å²) in [5.41, 5.74) is 5.55. The number of ether oxygens (including phenoxy) is 2. The van der Waals surface area contributed by atoms with Gasteiger partial charge in [0.05, 0.1) is 18.6 Å². The number of benzene rings is 1. The Kier molecular flexibility index (Phi) is 7.24. The smallest absolute Gasteiger partial charge is 0.412 e. The summed E-state index contributed by atoms with van der Waals surface area (Å²) in [6.07, 6.45) is -0.341. The normalized spacial score (nSPS) is 15.0. The van der Waals surface area contributed by atoms with Crippen molar-refractivity contribution in [3.05, 3.63) is 28.2 Å². The lowest BCUT2D eigenvalue weighted by Gasteiger charge is -2.41. The number of amides is 2. The third-order valence-electron chi connectivity index (χ3n) is 3.95. The summed E-state index contributed by atoms with van der Waals surface area (Å²) in [5.74, 6) is -0.220. The van der Waals surface area contributed by atoms with Crippen molar-refractivity contribution in [2.24, 2.45) is 0 Å². The van der Waals surface area contributed by atoms with Crippen LogP contribution in [0.1, 0.15) is 32.8 Å². The van der Waals surface area contributed by atoms with Crippen molar-refractivity contribution in [3.8, 4) is 0 Å². The minimum atomic E-state index is -0.596. The summed E-state index contributed by atoms with van der Waals surface area (Å²) < 4.78 is 11.5. The Morgan fingerprint density at radius 2 is 1.93 bits per heavy atom. The molecule has 10 heteroatoms. The highest BCUT2D eigenvalue weighted by molar-refractivity contribution is 9.10. The molecule has 0 saturated carbocycles. The van der Waals surface area contributed by atoms with Gasteiger partial charge in [-0.15, -0.1) is 0 Å². The van der Waals surface area contributed by atoms with Crippen LogP contribution in [0.4, 0.5) is 10.5 Å². The maximum absolute atomic E-state index is 12.3. The lowest BCUT2D eigenvalue weighted by molar-refractivity contribution is -0.130. The second-order valence-corrected chi connectivity index (χ2v) is 8.88. The topological polar surface area (TPSA) is 101 Å². The molecular weight excluding hydrogens is 448 g/mol. The predicted octanol–water partition coefficient (Wildman–Crippen LogP) is 2.58. The molecule has 1 aromatic rings. The summed E-state index contributed by atoms with van der Waals surface area (Å²) in [7, 11) is 1.66. The minimum absolute atomic E-state index is 0.203. The van der Waals surface area contributed by atoms with Gasteiger partial charge in [0.25, 0.3) is 0 Å². The van der Waals surface area contributed by atoms with Gasteiger partial charge in [0.15, 0.2) is 5.11 Å². The number of hydrazine groups is 1. The third kappa shape index (κ3) is 6.32. The van der Waals surface area contributed by atoms with Gasteiger partial charge in [-0.3, -0.25) is 21.0 Å². The predicted molar refractivity (Wildman–Crippen MR) is 114 cm³/mol. The monoisotopic (exact) mass is 472 g/mol. The van der Waals surface area contributed by atoms with Gasteiger partial charge in [0.2, 0.25) is 5.91 Å². The van der Waals surface area contributed by atoms with Gasteiger partial charge >= 0.3 is 6.09 Å². The molecule has 1 saturated heterocycles. The van der Waals surface area contributed by atoms with E-state index in [4.69, 9.17) is 21.7 Å². The Morgan fingerprint density at radius 1 is 1.25 bits per heavy atom. The maximum atomic E-state index is 12.3. The van der Waals surface area contributed by atoms with Crippen LogP contribution in [0.3, 0.4) is 0 Å². The van der Waals surface area contributed by atoms with Crippen molar-refractivity contribution < 1.29 is 19.1 Å². The highest BCUT2D eigenvalue weighted by atomic mass is 79.9. The standard InChI is InChI=1S/C18H25BrN4O4S/c1-17(2,3)27-16(25)21-13-6-11(5-12(19)7-13)18(9-26-10-18)8-14(24)22-23-15(28)20-4/h5-7H,8-10H2,1-4H3,(H,21,25)(H,22,24)(H2,20,23,28). The van der Waals surface area contributed by atoms with E-state index < -0.39 is 17.1 Å². The van der Waals surface area contributed by atoms with Crippen LogP contribution in [0.15, 0.2) is 22.7 Å². The van der Waals surface area contributed by atoms with Gasteiger partial charge in [0, 0.05) is 23.6 Å². The molecule has 0 unspecified atom stereocenters. The average molecular weight is 473 g/mol. The summed E-state index contributed by atoms with van der Waals surface area (Å²) in [6.45, 7) is 6.20. The lowest BCUT2D eigenvalue weighted by Crippen LogP contribution is -2.53. The lowest BCUT2D eigenvalue weighted by atomic mass is 9.75. The second-order valence-electron chi connectivity index (χ2n) is 7.56. The highest BCUT2D eigenvalue weighted by Gasteiger charge is 2.42. The van der Waals surface area contributed by atoms with Crippen LogP contribution in [0.2, 0.25) is 0 Å². The number of hydrogen-bond acceptors (Lipinski definition) is 5. The first-order chi connectivity index (χ1) is 13.0. The molecule has 2 amide bonds. The molecule has 0 aliphatic carbocycles. The molecule has 1 fully saturated rings. The molecule has 0 bridgehead atoms. The number of carbonyl (C=O) groups is 2. The van der Waals surface area contributed by atoms with Crippen LogP contribution < -0.4 is 21.5 Å². The Labute approximate surface area is 178 Å². The van der Waals surface area contributed by atoms with Crippen molar-refractivity contribution in [3.63, 3.8) is 0 Å². The van der Waals surface area contributed by atoms with Crippen molar-refractivity contribution >= 4 is 50.9 Å². The second kappa shape index (κ2) is 9.06. The van der Waals surface area contributed by atoms with E-state index in [2.05, 4.69) is 37.4 Å². The highest BCUT2D eigenvalue weighted by Crippen LogP contribution is 2.38. The molecule has 1 heterocycles. The number of halogens is 1. The zero-order chi connectivity index (χ0) is 20.9. The molecule has 0 atom stereocenters. The van der Waals surface area contributed by atoms with Crippen molar-refractivity contribution in [2.45, 2.75) is 38.2 Å². The largest absolute Gasteiger partial charge is 0.444 e. The molecule has 154 valence electrons. The Bertz CT molecular complexity index is 762. The molecule has 1 aliphatic heterocycles. The fourth-order valence-corrected chi connectivity index (χ4v) is 3.19. The number of thiocarbonyl (C=S) groups is 1. The van der Waals surface area contributed by atoms with Crippen LogP contribution in [0.25, 0.3) is 0 Å². The third-order valence-corrected chi connectivity index (χ3v) is 4.72. The van der Waals surface area contributed by atoms with E-state index in [9.17, 15) is 9.59 Å². The summed E-state index contributed by atoms with van der Waals surface area (Å²) in [4.78, 5) is 24.4. The zero-order valence-electron chi connectivity index (χ0n) is 16.3. The molecule has 0 aromatic heterocycles. The van der Waals surface area contributed by atoms with Crippen LogP contribution >= 0.6 is 28.1 Å². The first-order valence-corrected chi connectivity index (χ1v) is 9.88. The molecular formula is C18H25BrN4O4S. The number of nitrogens with one attached hydrogen (secondary N) is 4. The molecule has 0 spiro atoms. The SMILES string of the molecule is CNC(=S)NNC(=O)CC1(c2cc(Br)cc(NC(=O)OC(C)(C)C)c2)COC1. The van der Waals surface area contributed by atoms with E-state index in [-0.39, 0.29) is 12.3 Å². The van der Waals surface area contributed by atoms with Crippen molar-refractivity contribution in [1.82, 2.24) is 16.2 Å². The van der Waals surface area contributed by atoms with Gasteiger partial charge in [-0.2, -0.15) is 0 Å². The summed E-state index contributed by atoms with van der Waals surface area (Å²) in [5, 5.41) is 5.76. The van der Waals surface area contributed by atoms with Crippen LogP contribution in [-0.2, 0) is 19.7 Å². The maximum Gasteiger partial charge on any atom is 0.412 e. The molecule has 1 aliphatic rings. The first kappa shape index (κ1) is 22.4. The average Bonchev–Trinajstić information content (AvgIpc) is 2.53. The van der Waals surface area contributed by atoms with Gasteiger partial charge < -0.3 is 14.8 Å². The number of rotatable bonds is 4. The minimum Gasteiger partial charge on any atom is -0.444 e. The molecule has 8 nitrogen and oxygen atoms in total. The molecule has 1 aromatic carbocycles. The first-order valence-electron chi connectivity index (χ1n) is 8.68. The summed E-state index contributed by atoms with van der Waals surface area (Å²) >= 11 is 8.41. The molecule has 0 radical (unpaired) electrons. The van der Waals surface area contributed by atoms with Gasteiger partial charge in [-0.1, -0.05) is 15.9 Å². The van der Waals surface area contributed by atoms with Crippen LogP contribution in [0, 0.1) is 0 Å². The van der Waals surface area contributed by atoms with Gasteiger partial charge in [-0.25, -0.2) is 4.79 Å². The van der Waals surface area contributed by atoms with Crippen LogP contribution in [-0.4, -0.2) is 43.0 Å². The zero-order valence-corrected chi connectivity index (χ0v) is 18.7. The number of carbonyl (C=O) groups excluding carboxylic acids is 2. The Hall–Kier alpha value is -1.91. The van der Waals surface area contributed by atoms with Crippen molar-refractivity contribution in [2.75, 3.05) is 25.6 Å². The van der Waals surface area contributed by atoms with E-state index in [1.54, 1.807) is 33.9 Å². The van der Waals surface area contributed by atoms with E-state index >= 15 is 0 Å². The quantitative estimate of drug-likeness (QED) is 0.394. The fraction of sp³-hybridized carbons (Fsp3) is 0.500. The Morgan fingerprint density at radius 3 is 2.46 bits per heavy atom.